The van der Waals surface area contributed by atoms with Gasteiger partial charge < -0.3 is 5.32 Å². The lowest BCUT2D eigenvalue weighted by Crippen LogP contribution is -2.28. The number of thiophene rings is 1. The lowest BCUT2D eigenvalue weighted by atomic mass is 10.5. The van der Waals surface area contributed by atoms with Crippen LogP contribution < -0.4 is 10.0 Å². The normalized spacial score (nSPS) is 16.2. The summed E-state index contributed by atoms with van der Waals surface area (Å²) >= 11 is 1.56. The van der Waals surface area contributed by atoms with Crippen molar-refractivity contribution in [2.24, 2.45) is 0 Å². The van der Waals surface area contributed by atoms with Gasteiger partial charge in [0.1, 0.15) is 0 Å². The summed E-state index contributed by atoms with van der Waals surface area (Å²) in [4.78, 5) is 1.05. The van der Waals surface area contributed by atoms with Gasteiger partial charge in [0.15, 0.2) is 0 Å². The monoisotopic (exact) mass is 274 g/mol. The van der Waals surface area contributed by atoms with E-state index in [4.69, 9.17) is 0 Å². The number of nitrogens with one attached hydrogen (secondary N) is 2. The molecule has 0 radical (unpaired) electrons. The maximum absolute atomic E-state index is 11.7. The van der Waals surface area contributed by atoms with E-state index in [1.54, 1.807) is 11.3 Å². The first-order valence-electron chi connectivity index (χ1n) is 5.89. The lowest BCUT2D eigenvalue weighted by Gasteiger charge is -2.06. The summed E-state index contributed by atoms with van der Waals surface area (Å²) in [5.74, 6) is 0.206. The van der Waals surface area contributed by atoms with Gasteiger partial charge in [-0.15, -0.1) is 11.3 Å². The summed E-state index contributed by atoms with van der Waals surface area (Å²) in [6, 6.07) is 4.51. The van der Waals surface area contributed by atoms with Crippen molar-refractivity contribution in [3.63, 3.8) is 0 Å². The minimum Gasteiger partial charge on any atom is -0.314 e. The van der Waals surface area contributed by atoms with E-state index in [0.29, 0.717) is 19.0 Å². The van der Waals surface area contributed by atoms with Gasteiger partial charge in [0.05, 0.1) is 5.75 Å². The first-order valence-corrected chi connectivity index (χ1v) is 8.42. The summed E-state index contributed by atoms with van der Waals surface area (Å²) in [6.07, 6.45) is 3.16. The molecule has 1 heterocycles. The second kappa shape index (κ2) is 5.95. The lowest BCUT2D eigenvalue weighted by molar-refractivity contribution is 0.574. The molecule has 0 atom stereocenters. The predicted molar refractivity (Wildman–Crippen MR) is 70.6 cm³/mol. The first kappa shape index (κ1) is 13.0. The van der Waals surface area contributed by atoms with E-state index < -0.39 is 10.0 Å². The van der Waals surface area contributed by atoms with E-state index in [9.17, 15) is 8.42 Å². The van der Waals surface area contributed by atoms with E-state index in [1.807, 2.05) is 17.5 Å². The average molecular weight is 274 g/mol. The molecule has 0 amide bonds. The Bertz CT molecular complexity index is 424. The highest BCUT2D eigenvalue weighted by Gasteiger charge is 2.20. The Morgan fingerprint density at radius 3 is 2.88 bits per heavy atom. The Morgan fingerprint density at radius 2 is 2.24 bits per heavy atom. The van der Waals surface area contributed by atoms with Gasteiger partial charge in [0.2, 0.25) is 10.0 Å². The van der Waals surface area contributed by atoms with E-state index in [-0.39, 0.29) is 5.75 Å². The van der Waals surface area contributed by atoms with Crippen molar-refractivity contribution in [2.75, 3.05) is 12.3 Å². The molecular weight excluding hydrogens is 256 g/mol. The number of sulfonamides is 1. The van der Waals surface area contributed by atoms with Crippen LogP contribution in [-0.4, -0.2) is 26.8 Å². The minimum absolute atomic E-state index is 0.206. The minimum atomic E-state index is -3.12. The zero-order chi connectivity index (χ0) is 12.1. The molecule has 0 aliphatic heterocycles. The third kappa shape index (κ3) is 5.16. The van der Waals surface area contributed by atoms with E-state index in [1.165, 1.54) is 12.8 Å². The van der Waals surface area contributed by atoms with Crippen molar-refractivity contribution in [3.8, 4) is 0 Å². The maximum Gasteiger partial charge on any atom is 0.211 e. The number of rotatable bonds is 8. The van der Waals surface area contributed by atoms with Crippen molar-refractivity contribution < 1.29 is 8.42 Å². The summed E-state index contributed by atoms with van der Waals surface area (Å²) in [5.41, 5.74) is 0. The fraction of sp³-hybridized carbons (Fsp3) is 0.636. The molecule has 0 bridgehead atoms. The zero-order valence-electron chi connectivity index (χ0n) is 9.69. The van der Waals surface area contributed by atoms with Crippen LogP contribution in [0.15, 0.2) is 17.5 Å². The second-order valence-corrected chi connectivity index (χ2v) is 7.26. The predicted octanol–water partition coefficient (Wildman–Crippen LogP) is 1.31. The number of hydrogen-bond acceptors (Lipinski definition) is 4. The van der Waals surface area contributed by atoms with Gasteiger partial charge in [-0.25, -0.2) is 13.1 Å². The number of hydrogen-bond donors (Lipinski definition) is 2. The van der Waals surface area contributed by atoms with Crippen LogP contribution in [0.2, 0.25) is 0 Å². The Hall–Kier alpha value is -0.430. The van der Waals surface area contributed by atoms with Gasteiger partial charge in [-0.1, -0.05) is 6.07 Å². The summed E-state index contributed by atoms with van der Waals surface area (Å²) in [5, 5.41) is 5.26. The molecule has 0 spiro atoms. The zero-order valence-corrected chi connectivity index (χ0v) is 11.3. The van der Waals surface area contributed by atoms with Crippen LogP contribution in [0.25, 0.3) is 0 Å². The molecule has 0 unspecified atom stereocenters. The third-order valence-electron chi connectivity index (χ3n) is 2.65. The van der Waals surface area contributed by atoms with Gasteiger partial charge in [-0.2, -0.15) is 0 Å². The van der Waals surface area contributed by atoms with Crippen molar-refractivity contribution in [3.05, 3.63) is 22.4 Å². The largest absolute Gasteiger partial charge is 0.314 e. The topological polar surface area (TPSA) is 58.2 Å². The van der Waals surface area contributed by atoms with Crippen LogP contribution >= 0.6 is 11.3 Å². The highest BCUT2D eigenvalue weighted by molar-refractivity contribution is 7.89. The molecule has 0 saturated heterocycles. The van der Waals surface area contributed by atoms with E-state index in [2.05, 4.69) is 10.0 Å². The molecule has 2 rings (SSSR count). The standard InChI is InChI=1S/C11H18N2O2S2/c14-17(15,8-2-6-12-10-4-5-10)13-9-11-3-1-7-16-11/h1,3,7,10,12-13H,2,4-6,8-9H2. The molecule has 1 saturated carbocycles. The molecule has 1 aromatic rings. The van der Waals surface area contributed by atoms with Crippen molar-refractivity contribution >= 4 is 21.4 Å². The summed E-state index contributed by atoms with van der Waals surface area (Å²) in [7, 11) is -3.12. The summed E-state index contributed by atoms with van der Waals surface area (Å²) in [6.45, 7) is 1.21. The highest BCUT2D eigenvalue weighted by Crippen LogP contribution is 2.18. The van der Waals surface area contributed by atoms with E-state index >= 15 is 0 Å². The van der Waals surface area contributed by atoms with Crippen LogP contribution in [-0.2, 0) is 16.6 Å². The molecule has 1 aliphatic carbocycles. The molecule has 4 nitrogen and oxygen atoms in total. The second-order valence-electron chi connectivity index (χ2n) is 4.30. The van der Waals surface area contributed by atoms with Crippen LogP contribution in [0.1, 0.15) is 24.1 Å². The van der Waals surface area contributed by atoms with Crippen molar-refractivity contribution in [1.82, 2.24) is 10.0 Å². The Labute approximate surface area is 106 Å². The molecule has 1 aliphatic rings. The molecule has 2 N–H and O–H groups in total. The summed E-state index contributed by atoms with van der Waals surface area (Å²) < 4.78 is 25.9. The highest BCUT2D eigenvalue weighted by atomic mass is 32.2. The quantitative estimate of drug-likeness (QED) is 0.703. The van der Waals surface area contributed by atoms with Crippen LogP contribution in [0.4, 0.5) is 0 Å². The van der Waals surface area contributed by atoms with Crippen LogP contribution in [0.5, 0.6) is 0 Å². The van der Waals surface area contributed by atoms with Crippen molar-refractivity contribution in [1.29, 1.82) is 0 Å². The van der Waals surface area contributed by atoms with Crippen molar-refractivity contribution in [2.45, 2.75) is 31.8 Å². The Kier molecular flexibility index (Phi) is 4.55. The first-order chi connectivity index (χ1) is 8.16. The molecule has 6 heteroatoms. The Balaban J connectivity index is 1.63. The average Bonchev–Trinajstić information content (AvgIpc) is 2.96. The molecular formula is C11H18N2O2S2. The SMILES string of the molecule is O=S(=O)(CCCNC1CC1)NCc1cccs1. The molecule has 17 heavy (non-hydrogen) atoms. The van der Waals surface area contributed by atoms with Gasteiger partial charge in [0, 0.05) is 17.5 Å². The van der Waals surface area contributed by atoms with Crippen LogP contribution in [0, 0.1) is 0 Å². The molecule has 1 fully saturated rings. The molecule has 0 aromatic carbocycles. The van der Waals surface area contributed by atoms with Gasteiger partial charge in [-0.3, -0.25) is 0 Å². The van der Waals surface area contributed by atoms with Gasteiger partial charge >= 0.3 is 0 Å². The van der Waals surface area contributed by atoms with E-state index in [0.717, 1.165) is 11.4 Å². The third-order valence-corrected chi connectivity index (χ3v) is 4.93. The van der Waals surface area contributed by atoms with Gasteiger partial charge in [0.25, 0.3) is 0 Å². The smallest absolute Gasteiger partial charge is 0.211 e. The molecule has 96 valence electrons. The maximum atomic E-state index is 11.7. The van der Waals surface area contributed by atoms with Gasteiger partial charge in [-0.05, 0) is 37.3 Å². The van der Waals surface area contributed by atoms with Crippen LogP contribution in [0.3, 0.4) is 0 Å². The molecule has 1 aromatic heterocycles. The fourth-order valence-corrected chi connectivity index (χ4v) is 3.30. The fourth-order valence-electron chi connectivity index (χ4n) is 1.52. The Morgan fingerprint density at radius 1 is 1.41 bits per heavy atom.